The summed E-state index contributed by atoms with van der Waals surface area (Å²) >= 11 is 5.90. The topological polar surface area (TPSA) is 26.0 Å². The molecule has 0 aromatic heterocycles. The van der Waals surface area contributed by atoms with Crippen molar-refractivity contribution in [3.05, 3.63) is 70.2 Å². The van der Waals surface area contributed by atoms with Crippen LogP contribution in [0.5, 0.6) is 0 Å². The molecule has 0 fully saturated rings. The molecule has 2 aromatic carbocycles. The van der Waals surface area contributed by atoms with E-state index in [1.54, 1.807) is 6.07 Å². The van der Waals surface area contributed by atoms with Crippen LogP contribution in [-0.4, -0.2) is 6.04 Å². The van der Waals surface area contributed by atoms with Gasteiger partial charge in [0.15, 0.2) is 0 Å². The number of rotatable bonds is 4. The molecule has 2 aromatic rings. The van der Waals surface area contributed by atoms with Crippen LogP contribution < -0.4 is 5.73 Å². The summed E-state index contributed by atoms with van der Waals surface area (Å²) in [5, 5.41) is 0.647. The van der Waals surface area contributed by atoms with Crippen LogP contribution >= 0.6 is 11.6 Å². The number of alkyl halides is 3. The molecule has 2 rings (SSSR count). The van der Waals surface area contributed by atoms with E-state index in [2.05, 4.69) is 0 Å². The van der Waals surface area contributed by atoms with Gasteiger partial charge in [0.2, 0.25) is 0 Å². The SMILES string of the molecule is NC(Cc1ccc(C(F)(F)F)cc1)Cc1cccc(Cl)c1. The van der Waals surface area contributed by atoms with Crippen LogP contribution in [0.4, 0.5) is 13.2 Å². The molecule has 1 nitrogen and oxygen atoms in total. The van der Waals surface area contributed by atoms with Crippen molar-refractivity contribution in [2.75, 3.05) is 0 Å². The fourth-order valence-corrected chi connectivity index (χ4v) is 2.38. The third kappa shape index (κ3) is 4.76. The Morgan fingerprint density at radius 3 is 2.14 bits per heavy atom. The largest absolute Gasteiger partial charge is 0.416 e. The van der Waals surface area contributed by atoms with E-state index in [0.29, 0.717) is 17.9 Å². The number of benzene rings is 2. The van der Waals surface area contributed by atoms with Gasteiger partial charge in [0.05, 0.1) is 5.56 Å². The average molecular weight is 314 g/mol. The minimum Gasteiger partial charge on any atom is -0.327 e. The van der Waals surface area contributed by atoms with Crippen molar-refractivity contribution in [1.29, 1.82) is 0 Å². The van der Waals surface area contributed by atoms with Crippen LogP contribution in [0.3, 0.4) is 0 Å². The average Bonchev–Trinajstić information content (AvgIpc) is 2.38. The molecule has 0 aliphatic heterocycles. The standard InChI is InChI=1S/C16H15ClF3N/c17-14-3-1-2-12(8-14)10-15(21)9-11-4-6-13(7-5-11)16(18,19)20/h1-8,15H,9-10,21H2. The molecule has 0 saturated heterocycles. The third-order valence-electron chi connectivity index (χ3n) is 3.17. The molecule has 0 aliphatic carbocycles. The highest BCUT2D eigenvalue weighted by Crippen LogP contribution is 2.29. The molecule has 1 atom stereocenters. The monoisotopic (exact) mass is 313 g/mol. The Labute approximate surface area is 126 Å². The van der Waals surface area contributed by atoms with Crippen LogP contribution in [0, 0.1) is 0 Å². The molecule has 2 N–H and O–H groups in total. The van der Waals surface area contributed by atoms with Gasteiger partial charge in [-0.15, -0.1) is 0 Å². The summed E-state index contributed by atoms with van der Waals surface area (Å²) in [6.45, 7) is 0. The first-order valence-electron chi connectivity index (χ1n) is 6.51. The van der Waals surface area contributed by atoms with E-state index < -0.39 is 11.7 Å². The summed E-state index contributed by atoms with van der Waals surface area (Å²) in [7, 11) is 0. The third-order valence-corrected chi connectivity index (χ3v) is 3.40. The molecule has 0 spiro atoms. The van der Waals surface area contributed by atoms with Gasteiger partial charge < -0.3 is 5.73 Å². The Bertz CT molecular complexity index is 593. The van der Waals surface area contributed by atoms with Crippen molar-refractivity contribution in [2.24, 2.45) is 5.73 Å². The number of nitrogens with two attached hydrogens (primary N) is 1. The van der Waals surface area contributed by atoms with Gasteiger partial charge in [-0.25, -0.2) is 0 Å². The number of hydrogen-bond acceptors (Lipinski definition) is 1. The fourth-order valence-electron chi connectivity index (χ4n) is 2.17. The lowest BCUT2D eigenvalue weighted by molar-refractivity contribution is -0.137. The van der Waals surface area contributed by atoms with Gasteiger partial charge in [0, 0.05) is 11.1 Å². The molecule has 0 radical (unpaired) electrons. The maximum absolute atomic E-state index is 12.5. The summed E-state index contributed by atoms with van der Waals surface area (Å²) in [5.74, 6) is 0. The lowest BCUT2D eigenvalue weighted by Gasteiger charge is -2.13. The highest BCUT2D eigenvalue weighted by molar-refractivity contribution is 6.30. The van der Waals surface area contributed by atoms with Crippen molar-refractivity contribution in [2.45, 2.75) is 25.1 Å². The minimum atomic E-state index is -4.30. The Balaban J connectivity index is 1.98. The molecule has 1 unspecified atom stereocenters. The lowest BCUT2D eigenvalue weighted by atomic mass is 9.99. The predicted octanol–water partition coefficient (Wildman–Crippen LogP) is 4.47. The van der Waals surface area contributed by atoms with E-state index in [1.165, 1.54) is 12.1 Å². The second-order valence-electron chi connectivity index (χ2n) is 4.99. The predicted molar refractivity (Wildman–Crippen MR) is 78.3 cm³/mol. The molecule has 112 valence electrons. The van der Waals surface area contributed by atoms with E-state index in [-0.39, 0.29) is 6.04 Å². The van der Waals surface area contributed by atoms with Crippen molar-refractivity contribution in [1.82, 2.24) is 0 Å². The molecule has 0 amide bonds. The van der Waals surface area contributed by atoms with Crippen LogP contribution in [-0.2, 0) is 19.0 Å². The summed E-state index contributed by atoms with van der Waals surface area (Å²) < 4.78 is 37.4. The van der Waals surface area contributed by atoms with Crippen molar-refractivity contribution in [3.63, 3.8) is 0 Å². The molecule has 0 heterocycles. The van der Waals surface area contributed by atoms with E-state index in [4.69, 9.17) is 17.3 Å². The summed E-state index contributed by atoms with van der Waals surface area (Å²) in [5.41, 5.74) is 7.21. The molecular weight excluding hydrogens is 299 g/mol. The van der Waals surface area contributed by atoms with Crippen molar-refractivity contribution >= 4 is 11.6 Å². The summed E-state index contributed by atoms with van der Waals surface area (Å²) in [4.78, 5) is 0. The van der Waals surface area contributed by atoms with E-state index in [0.717, 1.165) is 23.3 Å². The molecule has 21 heavy (non-hydrogen) atoms. The van der Waals surface area contributed by atoms with E-state index >= 15 is 0 Å². The van der Waals surface area contributed by atoms with Crippen molar-refractivity contribution < 1.29 is 13.2 Å². The van der Waals surface area contributed by atoms with Crippen LogP contribution in [0.1, 0.15) is 16.7 Å². The minimum absolute atomic E-state index is 0.166. The number of halogens is 4. The van der Waals surface area contributed by atoms with Crippen LogP contribution in [0.2, 0.25) is 5.02 Å². The Hall–Kier alpha value is -1.52. The van der Waals surface area contributed by atoms with E-state index in [9.17, 15) is 13.2 Å². The van der Waals surface area contributed by atoms with Gasteiger partial charge in [-0.1, -0.05) is 35.9 Å². The zero-order valence-electron chi connectivity index (χ0n) is 11.2. The zero-order valence-corrected chi connectivity index (χ0v) is 12.0. The van der Waals surface area contributed by atoms with Gasteiger partial charge in [0.1, 0.15) is 0 Å². The first-order valence-corrected chi connectivity index (χ1v) is 6.88. The Morgan fingerprint density at radius 1 is 0.952 bits per heavy atom. The summed E-state index contributed by atoms with van der Waals surface area (Å²) in [6, 6.07) is 12.4. The van der Waals surface area contributed by atoms with E-state index in [1.807, 2.05) is 18.2 Å². The van der Waals surface area contributed by atoms with Crippen LogP contribution in [0.25, 0.3) is 0 Å². The second kappa shape index (κ2) is 6.50. The quantitative estimate of drug-likeness (QED) is 0.885. The lowest BCUT2D eigenvalue weighted by Crippen LogP contribution is -2.25. The van der Waals surface area contributed by atoms with Gasteiger partial charge in [0.25, 0.3) is 0 Å². The van der Waals surface area contributed by atoms with Gasteiger partial charge in [-0.2, -0.15) is 13.2 Å². The van der Waals surface area contributed by atoms with Crippen molar-refractivity contribution in [3.8, 4) is 0 Å². The first-order chi connectivity index (χ1) is 9.84. The highest BCUT2D eigenvalue weighted by atomic mass is 35.5. The first kappa shape index (κ1) is 15.9. The van der Waals surface area contributed by atoms with Gasteiger partial charge >= 0.3 is 6.18 Å². The maximum Gasteiger partial charge on any atom is 0.416 e. The number of hydrogen-bond donors (Lipinski definition) is 1. The molecule has 5 heteroatoms. The smallest absolute Gasteiger partial charge is 0.327 e. The molecule has 0 bridgehead atoms. The fraction of sp³-hybridized carbons (Fsp3) is 0.250. The molecular formula is C16H15ClF3N. The van der Waals surface area contributed by atoms with Crippen LogP contribution in [0.15, 0.2) is 48.5 Å². The second-order valence-corrected chi connectivity index (χ2v) is 5.43. The normalized spacial score (nSPS) is 13.2. The summed E-state index contributed by atoms with van der Waals surface area (Å²) in [6.07, 6.45) is -3.16. The highest BCUT2D eigenvalue weighted by Gasteiger charge is 2.29. The Morgan fingerprint density at radius 2 is 1.57 bits per heavy atom. The zero-order chi connectivity index (χ0) is 15.5. The molecule has 0 aliphatic rings. The Kier molecular flexibility index (Phi) is 4.91. The van der Waals surface area contributed by atoms with Gasteiger partial charge in [-0.3, -0.25) is 0 Å². The molecule has 0 saturated carbocycles. The maximum atomic E-state index is 12.5. The van der Waals surface area contributed by atoms with Gasteiger partial charge in [-0.05, 0) is 48.2 Å².